The maximum atomic E-state index is 12.5. The van der Waals surface area contributed by atoms with Gasteiger partial charge in [0.25, 0.3) is 0 Å². The van der Waals surface area contributed by atoms with Gasteiger partial charge in [-0.25, -0.2) is 0 Å². The molecule has 5 nitrogen and oxygen atoms in total. The lowest BCUT2D eigenvalue weighted by Crippen LogP contribution is -2.15. The number of hydrogen-bond donors (Lipinski definition) is 1. The lowest BCUT2D eigenvalue weighted by atomic mass is 10.1. The Morgan fingerprint density at radius 3 is 2.62 bits per heavy atom. The van der Waals surface area contributed by atoms with Crippen LogP contribution in [0.1, 0.15) is 18.1 Å². The Labute approximate surface area is 156 Å². The Hall–Kier alpha value is -2.66. The fraction of sp³-hybridized carbons (Fsp3) is 0.250. The number of amides is 1. The molecular formula is C20H20ClNO4. The summed E-state index contributed by atoms with van der Waals surface area (Å²) < 4.78 is 16.1. The Bertz CT molecular complexity index is 948. The number of nitrogens with one attached hydrogen (secondary N) is 1. The van der Waals surface area contributed by atoms with Crippen molar-refractivity contribution in [3.63, 3.8) is 0 Å². The fourth-order valence-corrected chi connectivity index (χ4v) is 3.04. The number of aryl methyl sites for hydroxylation is 1. The van der Waals surface area contributed by atoms with Crippen LogP contribution in [0.4, 0.5) is 5.69 Å². The number of benzene rings is 2. The van der Waals surface area contributed by atoms with Gasteiger partial charge in [-0.2, -0.15) is 0 Å². The number of ether oxygens (including phenoxy) is 2. The number of methoxy groups -OCH3 is 2. The van der Waals surface area contributed by atoms with Crippen LogP contribution in [-0.4, -0.2) is 20.1 Å². The van der Waals surface area contributed by atoms with E-state index in [1.54, 1.807) is 18.4 Å². The van der Waals surface area contributed by atoms with Gasteiger partial charge in [-0.15, -0.1) is 0 Å². The van der Waals surface area contributed by atoms with Crippen molar-refractivity contribution >= 4 is 34.2 Å². The molecule has 136 valence electrons. The number of anilines is 1. The molecule has 1 amide bonds. The van der Waals surface area contributed by atoms with Crippen LogP contribution in [-0.2, 0) is 17.6 Å². The Morgan fingerprint density at radius 2 is 1.92 bits per heavy atom. The molecule has 6 heteroatoms. The van der Waals surface area contributed by atoms with E-state index in [1.807, 2.05) is 18.2 Å². The molecule has 0 radical (unpaired) electrons. The van der Waals surface area contributed by atoms with E-state index in [4.69, 9.17) is 25.5 Å². The molecule has 0 saturated heterocycles. The van der Waals surface area contributed by atoms with E-state index in [-0.39, 0.29) is 12.3 Å². The summed E-state index contributed by atoms with van der Waals surface area (Å²) in [5.41, 5.74) is 3.32. The number of halogens is 1. The monoisotopic (exact) mass is 373 g/mol. The van der Waals surface area contributed by atoms with Gasteiger partial charge in [0.2, 0.25) is 5.91 Å². The van der Waals surface area contributed by atoms with Gasteiger partial charge in [0, 0.05) is 23.1 Å². The molecule has 0 aliphatic heterocycles. The number of hydrogen-bond acceptors (Lipinski definition) is 4. The molecule has 0 saturated carbocycles. The first-order valence-electron chi connectivity index (χ1n) is 8.26. The molecule has 0 unspecified atom stereocenters. The number of carbonyl (C=O) groups is 1. The maximum Gasteiger partial charge on any atom is 0.229 e. The highest BCUT2D eigenvalue weighted by Gasteiger charge is 2.15. The summed E-state index contributed by atoms with van der Waals surface area (Å²) in [6.07, 6.45) is 2.75. The van der Waals surface area contributed by atoms with Crippen LogP contribution in [0.25, 0.3) is 11.0 Å². The van der Waals surface area contributed by atoms with E-state index in [0.29, 0.717) is 22.2 Å². The first kappa shape index (κ1) is 18.1. The zero-order chi connectivity index (χ0) is 18.7. The van der Waals surface area contributed by atoms with Crippen molar-refractivity contribution in [1.82, 2.24) is 0 Å². The Balaban J connectivity index is 1.81. The molecule has 0 spiro atoms. The fourth-order valence-electron chi connectivity index (χ4n) is 2.81. The molecular weight excluding hydrogens is 354 g/mol. The van der Waals surface area contributed by atoms with Crippen LogP contribution in [0.2, 0.25) is 5.02 Å². The second kappa shape index (κ2) is 7.70. The van der Waals surface area contributed by atoms with Crippen LogP contribution in [0, 0.1) is 0 Å². The van der Waals surface area contributed by atoms with Crippen molar-refractivity contribution in [2.45, 2.75) is 19.8 Å². The van der Waals surface area contributed by atoms with Gasteiger partial charge in [0.15, 0.2) is 0 Å². The molecule has 26 heavy (non-hydrogen) atoms. The molecule has 3 aromatic rings. The predicted octanol–water partition coefficient (Wildman–Crippen LogP) is 4.85. The van der Waals surface area contributed by atoms with Crippen molar-refractivity contribution in [2.24, 2.45) is 0 Å². The van der Waals surface area contributed by atoms with Crippen LogP contribution >= 0.6 is 11.6 Å². The number of rotatable bonds is 6. The molecule has 2 aromatic carbocycles. The van der Waals surface area contributed by atoms with Crippen LogP contribution < -0.4 is 14.8 Å². The van der Waals surface area contributed by atoms with E-state index >= 15 is 0 Å². The minimum absolute atomic E-state index is 0.185. The third-order valence-corrected chi connectivity index (χ3v) is 4.52. The van der Waals surface area contributed by atoms with Gasteiger partial charge in [-0.05, 0) is 18.1 Å². The third kappa shape index (κ3) is 3.63. The summed E-state index contributed by atoms with van der Waals surface area (Å²) in [6, 6.07) is 9.29. The first-order valence-corrected chi connectivity index (χ1v) is 8.63. The van der Waals surface area contributed by atoms with Gasteiger partial charge in [0.1, 0.15) is 17.1 Å². The average Bonchev–Trinajstić information content (AvgIpc) is 3.04. The summed E-state index contributed by atoms with van der Waals surface area (Å²) in [5.74, 6) is 0.743. The van der Waals surface area contributed by atoms with E-state index < -0.39 is 0 Å². The van der Waals surface area contributed by atoms with Crippen molar-refractivity contribution < 1.29 is 18.7 Å². The van der Waals surface area contributed by atoms with Crippen molar-refractivity contribution in [3.8, 4) is 11.5 Å². The second-order valence-corrected chi connectivity index (χ2v) is 6.26. The molecule has 3 rings (SSSR count). The highest BCUT2D eigenvalue weighted by molar-refractivity contribution is 6.32. The predicted molar refractivity (Wildman–Crippen MR) is 102 cm³/mol. The van der Waals surface area contributed by atoms with Crippen LogP contribution in [0.3, 0.4) is 0 Å². The van der Waals surface area contributed by atoms with Gasteiger partial charge >= 0.3 is 0 Å². The second-order valence-electron chi connectivity index (χ2n) is 5.86. The van der Waals surface area contributed by atoms with E-state index in [1.165, 1.54) is 19.8 Å². The Kier molecular flexibility index (Phi) is 5.38. The molecule has 0 aliphatic carbocycles. The van der Waals surface area contributed by atoms with Gasteiger partial charge < -0.3 is 19.2 Å². The summed E-state index contributed by atoms with van der Waals surface area (Å²) in [6.45, 7) is 2.09. The van der Waals surface area contributed by atoms with E-state index in [0.717, 1.165) is 23.0 Å². The highest BCUT2D eigenvalue weighted by Crippen LogP contribution is 2.36. The lowest BCUT2D eigenvalue weighted by Gasteiger charge is -2.13. The quantitative estimate of drug-likeness (QED) is 0.671. The van der Waals surface area contributed by atoms with Crippen LogP contribution in [0.15, 0.2) is 41.0 Å². The summed E-state index contributed by atoms with van der Waals surface area (Å²) in [4.78, 5) is 12.5. The average molecular weight is 374 g/mol. The van der Waals surface area contributed by atoms with Crippen molar-refractivity contribution in [1.29, 1.82) is 0 Å². The first-order chi connectivity index (χ1) is 12.5. The minimum atomic E-state index is -0.185. The normalized spacial score (nSPS) is 10.8. The van der Waals surface area contributed by atoms with Crippen molar-refractivity contribution in [2.75, 3.05) is 19.5 Å². The molecule has 0 atom stereocenters. The summed E-state index contributed by atoms with van der Waals surface area (Å²) in [7, 11) is 3.03. The van der Waals surface area contributed by atoms with Gasteiger partial charge in [-0.3, -0.25) is 4.79 Å². The highest BCUT2D eigenvalue weighted by atomic mass is 35.5. The topological polar surface area (TPSA) is 60.7 Å². The summed E-state index contributed by atoms with van der Waals surface area (Å²) >= 11 is 6.09. The van der Waals surface area contributed by atoms with Crippen LogP contribution in [0.5, 0.6) is 11.5 Å². The third-order valence-electron chi connectivity index (χ3n) is 4.23. The zero-order valence-corrected chi connectivity index (χ0v) is 15.6. The van der Waals surface area contributed by atoms with E-state index in [2.05, 4.69) is 12.2 Å². The van der Waals surface area contributed by atoms with Gasteiger partial charge in [0.05, 0.1) is 37.6 Å². The molecule has 1 N–H and O–H groups in total. The number of furan rings is 1. The standard InChI is InChI=1S/C20H20ClNO4/c1-4-12-5-6-14-13(11-26-17(14)7-12)8-20(23)22-16-10-18(24-2)15(21)9-19(16)25-3/h5-7,9-11H,4,8H2,1-3H3,(H,22,23). The van der Waals surface area contributed by atoms with Crippen molar-refractivity contribution in [3.05, 3.63) is 52.7 Å². The smallest absolute Gasteiger partial charge is 0.229 e. The largest absolute Gasteiger partial charge is 0.495 e. The maximum absolute atomic E-state index is 12.5. The number of fused-ring (bicyclic) bond motifs is 1. The van der Waals surface area contributed by atoms with E-state index in [9.17, 15) is 4.79 Å². The minimum Gasteiger partial charge on any atom is -0.495 e. The Morgan fingerprint density at radius 1 is 1.15 bits per heavy atom. The van der Waals surface area contributed by atoms with Gasteiger partial charge in [-0.1, -0.05) is 30.7 Å². The lowest BCUT2D eigenvalue weighted by molar-refractivity contribution is -0.115. The molecule has 0 aliphatic rings. The summed E-state index contributed by atoms with van der Waals surface area (Å²) in [5, 5.41) is 4.20. The number of carbonyl (C=O) groups excluding carboxylic acids is 1. The molecule has 0 fully saturated rings. The SMILES string of the molecule is CCc1ccc2c(CC(=O)Nc3cc(OC)c(Cl)cc3OC)coc2c1. The molecule has 1 aromatic heterocycles. The molecule has 0 bridgehead atoms. The zero-order valence-electron chi connectivity index (χ0n) is 14.9. The molecule has 1 heterocycles.